The summed E-state index contributed by atoms with van der Waals surface area (Å²) in [5, 5.41) is 9.79. The van der Waals surface area contributed by atoms with Gasteiger partial charge >= 0.3 is 0 Å². The van der Waals surface area contributed by atoms with Gasteiger partial charge in [-0.2, -0.15) is 5.26 Å². The number of allylic oxidation sites excluding steroid dienone is 3. The summed E-state index contributed by atoms with van der Waals surface area (Å²) in [4.78, 5) is 0. The molecule has 3 heteroatoms. The first-order chi connectivity index (χ1) is 13.2. The number of nitrogens with zero attached hydrogens (tertiary/aromatic N) is 1. The molecule has 0 bridgehead atoms. The topological polar surface area (TPSA) is 49.8 Å². The second-order valence-electron chi connectivity index (χ2n) is 5.96. The largest absolute Gasteiger partial charge is 0.337 e. The van der Waals surface area contributed by atoms with Gasteiger partial charge in [0.1, 0.15) is 0 Å². The fraction of sp³-hybridized carbons (Fsp3) is 0.0417. The molecule has 0 aliphatic carbocycles. The van der Waals surface area contributed by atoms with E-state index in [9.17, 15) is 0 Å². The first-order valence-electron chi connectivity index (χ1n) is 8.62. The summed E-state index contributed by atoms with van der Waals surface area (Å²) in [6.45, 7) is 5.92. The summed E-state index contributed by atoms with van der Waals surface area (Å²) in [6.07, 6.45) is 5.24. The molecule has 4 aromatic rings. The van der Waals surface area contributed by atoms with E-state index in [1.54, 1.807) is 0 Å². The van der Waals surface area contributed by atoms with Gasteiger partial charge in [0, 0.05) is 20.2 Å². The van der Waals surface area contributed by atoms with Crippen molar-refractivity contribution in [3.8, 4) is 17.3 Å². The lowest BCUT2D eigenvalue weighted by Gasteiger charge is -2.06. The van der Waals surface area contributed by atoms with Crippen LogP contribution >= 0.6 is 11.3 Å². The van der Waals surface area contributed by atoms with E-state index in [-0.39, 0.29) is 0 Å². The molecule has 3 aromatic carbocycles. The van der Waals surface area contributed by atoms with Crippen molar-refractivity contribution in [3.05, 3.63) is 91.0 Å². The van der Waals surface area contributed by atoms with Crippen molar-refractivity contribution >= 4 is 37.1 Å². The summed E-state index contributed by atoms with van der Waals surface area (Å²) in [5.74, 6) is 0. The Balaban J connectivity index is 0.000000659. The highest BCUT2D eigenvalue weighted by molar-refractivity contribution is 7.25. The Morgan fingerprint density at radius 2 is 1.59 bits per heavy atom. The zero-order valence-corrected chi connectivity index (χ0v) is 16.0. The van der Waals surface area contributed by atoms with Gasteiger partial charge in [-0.1, -0.05) is 67.3 Å². The minimum Gasteiger partial charge on any atom is -0.337 e. The van der Waals surface area contributed by atoms with Crippen molar-refractivity contribution in [1.29, 1.82) is 5.26 Å². The monoisotopic (exact) mass is 368 g/mol. The fourth-order valence-corrected chi connectivity index (χ4v) is 4.25. The molecule has 0 amide bonds. The third kappa shape index (κ3) is 3.76. The van der Waals surface area contributed by atoms with Crippen molar-refractivity contribution in [1.82, 2.24) is 0 Å². The molecule has 1 heterocycles. The van der Waals surface area contributed by atoms with Gasteiger partial charge in [-0.25, -0.2) is 0 Å². The number of benzene rings is 3. The molecule has 0 aliphatic rings. The summed E-state index contributed by atoms with van der Waals surface area (Å²) in [5.41, 5.74) is 9.04. The number of nitriles is 1. The van der Waals surface area contributed by atoms with Crippen LogP contribution in [0.25, 0.3) is 36.9 Å². The lowest BCUT2D eigenvalue weighted by molar-refractivity contribution is 1.45. The number of hydrogen-bond acceptors (Lipinski definition) is 3. The van der Waals surface area contributed by atoms with E-state index in [4.69, 9.17) is 5.26 Å². The van der Waals surface area contributed by atoms with Crippen molar-refractivity contribution < 1.29 is 0 Å². The minimum atomic E-state index is 1.17. The van der Waals surface area contributed by atoms with E-state index < -0.39 is 0 Å². The first kappa shape index (κ1) is 18.4. The molecule has 0 fully saturated rings. The molecule has 2 N–H and O–H groups in total. The van der Waals surface area contributed by atoms with E-state index in [2.05, 4.69) is 85.1 Å². The van der Waals surface area contributed by atoms with Gasteiger partial charge in [-0.3, -0.25) is 0 Å². The summed E-state index contributed by atoms with van der Waals surface area (Å²) in [6, 6.07) is 24.1. The van der Waals surface area contributed by atoms with Crippen LogP contribution in [0.15, 0.2) is 85.5 Å². The van der Waals surface area contributed by atoms with Crippen molar-refractivity contribution in [2.75, 3.05) is 0 Å². The average molecular weight is 369 g/mol. The molecule has 1 aromatic heterocycles. The second-order valence-corrected chi connectivity index (χ2v) is 7.05. The third-order valence-electron chi connectivity index (χ3n) is 4.46. The van der Waals surface area contributed by atoms with Crippen LogP contribution in [0, 0.1) is 11.5 Å². The predicted octanol–water partition coefficient (Wildman–Crippen LogP) is 6.74. The van der Waals surface area contributed by atoms with Gasteiger partial charge in [0.25, 0.3) is 0 Å². The van der Waals surface area contributed by atoms with Gasteiger partial charge in [0.15, 0.2) is 6.19 Å². The van der Waals surface area contributed by atoms with Crippen LogP contribution in [0.3, 0.4) is 0 Å². The lowest BCUT2D eigenvalue weighted by Crippen LogP contribution is -1.82. The SMILES string of the molecule is C=C/C(=C/C)c1ccc(-c2ccc3sc4ccccc4c3c2)cc1.N#CN. The van der Waals surface area contributed by atoms with Crippen molar-refractivity contribution in [2.24, 2.45) is 5.73 Å². The predicted molar refractivity (Wildman–Crippen MR) is 118 cm³/mol. The van der Waals surface area contributed by atoms with Crippen LogP contribution in [-0.2, 0) is 0 Å². The maximum Gasteiger partial charge on any atom is 0.173 e. The first-order valence-corrected chi connectivity index (χ1v) is 9.44. The zero-order valence-electron chi connectivity index (χ0n) is 15.1. The number of hydrogen-bond donors (Lipinski definition) is 1. The summed E-state index contributed by atoms with van der Waals surface area (Å²) in [7, 11) is 0. The van der Waals surface area contributed by atoms with Crippen LogP contribution < -0.4 is 5.73 Å². The van der Waals surface area contributed by atoms with Crippen LogP contribution in [0.5, 0.6) is 0 Å². The average Bonchev–Trinajstić information content (AvgIpc) is 3.08. The molecule has 0 saturated heterocycles. The quantitative estimate of drug-likeness (QED) is 0.247. The third-order valence-corrected chi connectivity index (χ3v) is 5.61. The standard InChI is InChI=1S/C23H18S.CH2N2/c1-3-16(4-2)17-9-11-18(12-10-17)19-13-14-23-21(15-19)20-7-5-6-8-22(20)24-23;2-1-3/h3-15H,1H2,2H3;2H2/b16-4-;. The Hall–Kier alpha value is -3.35. The Bertz CT molecular complexity index is 1160. The van der Waals surface area contributed by atoms with Crippen LogP contribution in [0.1, 0.15) is 12.5 Å². The molecular formula is C24H20N2S. The van der Waals surface area contributed by atoms with E-state index in [0.29, 0.717) is 0 Å². The lowest BCUT2D eigenvalue weighted by atomic mass is 9.99. The maximum atomic E-state index is 7.10. The van der Waals surface area contributed by atoms with Crippen LogP contribution in [-0.4, -0.2) is 0 Å². The molecular weight excluding hydrogens is 348 g/mol. The second kappa shape index (κ2) is 8.35. The zero-order chi connectivity index (χ0) is 19.2. The van der Waals surface area contributed by atoms with Crippen LogP contribution in [0.4, 0.5) is 0 Å². The minimum absolute atomic E-state index is 1.17. The van der Waals surface area contributed by atoms with Gasteiger partial charge in [0.2, 0.25) is 0 Å². The van der Waals surface area contributed by atoms with E-state index >= 15 is 0 Å². The van der Waals surface area contributed by atoms with E-state index in [1.165, 1.54) is 48.6 Å². The van der Waals surface area contributed by atoms with Crippen LogP contribution in [0.2, 0.25) is 0 Å². The number of thiophene rings is 1. The van der Waals surface area contributed by atoms with Crippen molar-refractivity contribution in [2.45, 2.75) is 6.92 Å². The Labute approximate surface area is 163 Å². The molecule has 132 valence electrons. The number of nitrogens with two attached hydrogens (primary N) is 1. The molecule has 0 unspecified atom stereocenters. The van der Waals surface area contributed by atoms with Gasteiger partial charge in [-0.15, -0.1) is 11.3 Å². The highest BCUT2D eigenvalue weighted by Gasteiger charge is 2.06. The van der Waals surface area contributed by atoms with Gasteiger partial charge in [0.05, 0.1) is 0 Å². The molecule has 0 atom stereocenters. The molecule has 0 radical (unpaired) electrons. The van der Waals surface area contributed by atoms with Gasteiger partial charge < -0.3 is 5.73 Å². The highest BCUT2D eigenvalue weighted by Crippen LogP contribution is 2.36. The van der Waals surface area contributed by atoms with E-state index in [0.717, 1.165) is 0 Å². The van der Waals surface area contributed by atoms with Crippen molar-refractivity contribution in [3.63, 3.8) is 0 Å². The maximum absolute atomic E-state index is 7.10. The molecule has 27 heavy (non-hydrogen) atoms. The molecule has 0 aliphatic heterocycles. The summed E-state index contributed by atoms with van der Waals surface area (Å²) < 4.78 is 2.70. The summed E-state index contributed by atoms with van der Waals surface area (Å²) >= 11 is 1.86. The number of fused-ring (bicyclic) bond motifs is 3. The molecule has 4 rings (SSSR count). The number of rotatable bonds is 3. The normalized spacial score (nSPS) is 10.9. The molecule has 0 saturated carbocycles. The Morgan fingerprint density at radius 1 is 0.963 bits per heavy atom. The smallest absolute Gasteiger partial charge is 0.173 e. The fourth-order valence-electron chi connectivity index (χ4n) is 3.16. The Morgan fingerprint density at radius 3 is 2.26 bits per heavy atom. The Kier molecular flexibility index (Phi) is 5.71. The van der Waals surface area contributed by atoms with E-state index in [1.807, 2.05) is 24.3 Å². The molecule has 2 nitrogen and oxygen atoms in total. The van der Waals surface area contributed by atoms with Gasteiger partial charge in [-0.05, 0) is 47.4 Å². The highest BCUT2D eigenvalue weighted by atomic mass is 32.1. The molecule has 0 spiro atoms.